The van der Waals surface area contributed by atoms with E-state index in [-0.39, 0.29) is 24.9 Å². The lowest BCUT2D eigenvalue weighted by molar-refractivity contribution is -0.129. The average molecular weight is 256 g/mol. The Hall–Kier alpha value is -1.40. The van der Waals surface area contributed by atoms with Crippen LogP contribution in [-0.4, -0.2) is 48.1 Å². The van der Waals surface area contributed by atoms with Crippen molar-refractivity contribution in [2.24, 2.45) is 0 Å². The van der Waals surface area contributed by atoms with Gasteiger partial charge >= 0.3 is 0 Å². The van der Waals surface area contributed by atoms with Crippen molar-refractivity contribution < 1.29 is 14.7 Å². The van der Waals surface area contributed by atoms with Crippen LogP contribution in [0.4, 0.5) is 0 Å². The molecule has 0 saturated heterocycles. The molecule has 0 spiro atoms. The zero-order valence-electron chi connectivity index (χ0n) is 9.84. The van der Waals surface area contributed by atoms with E-state index in [0.717, 1.165) is 0 Å². The maximum Gasteiger partial charge on any atom is 0.261 e. The van der Waals surface area contributed by atoms with E-state index < -0.39 is 6.10 Å². The molecule has 0 bridgehead atoms. The fourth-order valence-electron chi connectivity index (χ4n) is 1.28. The molecule has 1 aromatic rings. The topological polar surface area (TPSA) is 69.6 Å². The summed E-state index contributed by atoms with van der Waals surface area (Å²) in [4.78, 5) is 25.1. The van der Waals surface area contributed by atoms with E-state index in [1.54, 1.807) is 31.5 Å². The third-order valence-corrected chi connectivity index (χ3v) is 2.98. The third-order valence-electron chi connectivity index (χ3n) is 2.11. The molecule has 0 aliphatic heterocycles. The molecule has 2 N–H and O–H groups in total. The minimum atomic E-state index is -0.572. The Morgan fingerprint density at radius 3 is 2.82 bits per heavy atom. The number of hydrogen-bond donors (Lipinski definition) is 2. The third kappa shape index (κ3) is 4.54. The molecule has 2 amide bonds. The summed E-state index contributed by atoms with van der Waals surface area (Å²) in [6.45, 7) is 1.81. The van der Waals surface area contributed by atoms with E-state index in [1.165, 1.54) is 16.2 Å². The molecule has 0 aliphatic carbocycles. The maximum atomic E-state index is 11.6. The first-order valence-corrected chi connectivity index (χ1v) is 6.12. The van der Waals surface area contributed by atoms with Gasteiger partial charge in [0.1, 0.15) is 0 Å². The molecule has 0 fully saturated rings. The maximum absolute atomic E-state index is 11.6. The molecule has 1 rings (SSSR count). The first kappa shape index (κ1) is 13.7. The van der Waals surface area contributed by atoms with Crippen LogP contribution in [0.25, 0.3) is 0 Å². The van der Waals surface area contributed by atoms with Crippen molar-refractivity contribution in [2.45, 2.75) is 13.0 Å². The van der Waals surface area contributed by atoms with Crippen LogP contribution >= 0.6 is 11.3 Å². The largest absolute Gasteiger partial charge is 0.392 e. The summed E-state index contributed by atoms with van der Waals surface area (Å²) in [7, 11) is 1.59. The van der Waals surface area contributed by atoms with Gasteiger partial charge in [0.05, 0.1) is 17.5 Å². The lowest BCUT2D eigenvalue weighted by Crippen LogP contribution is -2.40. The van der Waals surface area contributed by atoms with Crippen LogP contribution in [-0.2, 0) is 4.79 Å². The fourth-order valence-corrected chi connectivity index (χ4v) is 1.92. The van der Waals surface area contributed by atoms with Crippen molar-refractivity contribution in [3.05, 3.63) is 22.4 Å². The van der Waals surface area contributed by atoms with Gasteiger partial charge in [0.15, 0.2) is 0 Å². The fraction of sp³-hybridized carbons (Fsp3) is 0.455. The summed E-state index contributed by atoms with van der Waals surface area (Å²) in [6, 6.07) is 3.48. The lowest BCUT2D eigenvalue weighted by atomic mass is 10.3. The Balaban J connectivity index is 2.35. The van der Waals surface area contributed by atoms with Gasteiger partial charge in [-0.2, -0.15) is 0 Å². The molecule has 5 nitrogen and oxygen atoms in total. The Labute approximate surface area is 104 Å². The number of nitrogens with zero attached hydrogens (tertiary/aromatic N) is 1. The van der Waals surface area contributed by atoms with Gasteiger partial charge in [-0.3, -0.25) is 9.59 Å². The van der Waals surface area contributed by atoms with E-state index in [1.807, 2.05) is 0 Å². The molecule has 0 aliphatic rings. The standard InChI is InChI=1S/C11H16N2O3S/c1-8(14)7-13(2)10(15)6-12-11(16)9-4-3-5-17-9/h3-5,8,14H,6-7H2,1-2H3,(H,12,16). The Kier molecular flexibility index (Phi) is 5.11. The molecule has 0 saturated carbocycles. The average Bonchev–Trinajstić information content (AvgIpc) is 2.77. The SMILES string of the molecule is CC(O)CN(C)C(=O)CNC(=O)c1cccs1. The van der Waals surface area contributed by atoms with Crippen LogP contribution in [0.2, 0.25) is 0 Å². The van der Waals surface area contributed by atoms with Crippen LogP contribution in [0.15, 0.2) is 17.5 Å². The minimum absolute atomic E-state index is 0.0556. The molecule has 6 heteroatoms. The van der Waals surface area contributed by atoms with Crippen molar-refractivity contribution in [3.8, 4) is 0 Å². The minimum Gasteiger partial charge on any atom is -0.392 e. The number of carbonyl (C=O) groups excluding carboxylic acids is 2. The molecular formula is C11H16N2O3S. The lowest BCUT2D eigenvalue weighted by Gasteiger charge is -2.18. The molecule has 1 atom stereocenters. The molecule has 1 aromatic heterocycles. The van der Waals surface area contributed by atoms with Crippen molar-refractivity contribution in [1.82, 2.24) is 10.2 Å². The number of nitrogens with one attached hydrogen (secondary N) is 1. The Morgan fingerprint density at radius 2 is 2.29 bits per heavy atom. The first-order chi connectivity index (χ1) is 8.00. The van der Waals surface area contributed by atoms with Gasteiger partial charge in [-0.15, -0.1) is 11.3 Å². The van der Waals surface area contributed by atoms with E-state index in [0.29, 0.717) is 4.88 Å². The second-order valence-corrected chi connectivity index (χ2v) is 4.73. The van der Waals surface area contributed by atoms with Crippen LogP contribution in [0.3, 0.4) is 0 Å². The van der Waals surface area contributed by atoms with Gasteiger partial charge in [-0.1, -0.05) is 6.07 Å². The molecule has 94 valence electrons. The van der Waals surface area contributed by atoms with Crippen LogP contribution in [0, 0.1) is 0 Å². The highest BCUT2D eigenvalue weighted by atomic mass is 32.1. The van der Waals surface area contributed by atoms with E-state index in [9.17, 15) is 9.59 Å². The second kappa shape index (κ2) is 6.36. The number of aliphatic hydroxyl groups is 1. The van der Waals surface area contributed by atoms with Gasteiger partial charge in [0.2, 0.25) is 5.91 Å². The molecular weight excluding hydrogens is 240 g/mol. The van der Waals surface area contributed by atoms with Crippen molar-refractivity contribution in [1.29, 1.82) is 0 Å². The van der Waals surface area contributed by atoms with Gasteiger partial charge in [-0.25, -0.2) is 0 Å². The molecule has 0 aromatic carbocycles. The number of rotatable bonds is 5. The number of hydrogen-bond acceptors (Lipinski definition) is 4. The summed E-state index contributed by atoms with van der Waals surface area (Å²) in [5.41, 5.74) is 0. The number of amides is 2. The van der Waals surface area contributed by atoms with Gasteiger partial charge in [0, 0.05) is 13.6 Å². The highest BCUT2D eigenvalue weighted by molar-refractivity contribution is 7.12. The van der Waals surface area contributed by atoms with Gasteiger partial charge in [0.25, 0.3) is 5.91 Å². The van der Waals surface area contributed by atoms with Crippen LogP contribution in [0.5, 0.6) is 0 Å². The van der Waals surface area contributed by atoms with Crippen molar-refractivity contribution >= 4 is 23.2 Å². The zero-order chi connectivity index (χ0) is 12.8. The first-order valence-electron chi connectivity index (χ1n) is 5.24. The monoisotopic (exact) mass is 256 g/mol. The quantitative estimate of drug-likeness (QED) is 0.797. The molecule has 0 radical (unpaired) electrons. The van der Waals surface area contributed by atoms with Crippen molar-refractivity contribution in [3.63, 3.8) is 0 Å². The van der Waals surface area contributed by atoms with E-state index in [2.05, 4.69) is 5.32 Å². The van der Waals surface area contributed by atoms with Crippen LogP contribution in [0.1, 0.15) is 16.6 Å². The molecule has 1 heterocycles. The second-order valence-electron chi connectivity index (χ2n) is 3.78. The highest BCUT2D eigenvalue weighted by Crippen LogP contribution is 2.07. The molecule has 1 unspecified atom stereocenters. The van der Waals surface area contributed by atoms with E-state index in [4.69, 9.17) is 5.11 Å². The normalized spacial score (nSPS) is 11.9. The van der Waals surface area contributed by atoms with Gasteiger partial charge in [-0.05, 0) is 18.4 Å². The van der Waals surface area contributed by atoms with Gasteiger partial charge < -0.3 is 15.3 Å². The smallest absolute Gasteiger partial charge is 0.261 e. The van der Waals surface area contributed by atoms with Crippen molar-refractivity contribution in [2.75, 3.05) is 20.1 Å². The van der Waals surface area contributed by atoms with E-state index >= 15 is 0 Å². The Morgan fingerprint density at radius 1 is 1.59 bits per heavy atom. The Bertz CT molecular complexity index is 376. The number of carbonyl (C=O) groups is 2. The number of aliphatic hydroxyl groups excluding tert-OH is 1. The predicted molar refractivity (Wildman–Crippen MR) is 66.0 cm³/mol. The van der Waals surface area contributed by atoms with Crippen LogP contribution < -0.4 is 5.32 Å². The predicted octanol–water partition coefficient (Wildman–Crippen LogP) is 0.317. The highest BCUT2D eigenvalue weighted by Gasteiger charge is 2.13. The summed E-state index contributed by atoms with van der Waals surface area (Å²) in [6.07, 6.45) is -0.572. The zero-order valence-corrected chi connectivity index (χ0v) is 10.7. The summed E-state index contributed by atoms with van der Waals surface area (Å²) >= 11 is 1.32. The molecule has 17 heavy (non-hydrogen) atoms. The summed E-state index contributed by atoms with van der Waals surface area (Å²) < 4.78 is 0. The number of likely N-dealkylation sites (N-methyl/N-ethyl adjacent to an activating group) is 1. The summed E-state index contributed by atoms with van der Waals surface area (Å²) in [5, 5.41) is 13.5. The number of thiophene rings is 1. The summed E-state index contributed by atoms with van der Waals surface area (Å²) in [5.74, 6) is -0.477.